The minimum Gasteiger partial charge on any atom is -0.484 e. The molecule has 2 aromatic rings. The summed E-state index contributed by atoms with van der Waals surface area (Å²) in [5.41, 5.74) is 0.881. The van der Waals surface area contributed by atoms with Crippen molar-refractivity contribution in [2.75, 3.05) is 25.6 Å². The van der Waals surface area contributed by atoms with Crippen molar-refractivity contribution in [3.63, 3.8) is 0 Å². The Labute approximate surface area is 170 Å². The number of anilines is 1. The molecule has 0 saturated carbocycles. The van der Waals surface area contributed by atoms with Crippen LogP contribution in [0.15, 0.2) is 53.4 Å². The largest absolute Gasteiger partial charge is 0.484 e. The summed E-state index contributed by atoms with van der Waals surface area (Å²) in [5.74, 6) is -0.486. The van der Waals surface area contributed by atoms with Crippen molar-refractivity contribution < 1.29 is 27.5 Å². The van der Waals surface area contributed by atoms with Crippen molar-refractivity contribution in [1.29, 1.82) is 0 Å². The Bertz CT molecular complexity index is 924. The van der Waals surface area contributed by atoms with Crippen LogP contribution < -0.4 is 14.8 Å². The number of benzene rings is 2. The first-order chi connectivity index (χ1) is 13.9. The van der Waals surface area contributed by atoms with Crippen LogP contribution in [0.25, 0.3) is 0 Å². The number of nitrogens with one attached hydrogen (secondary N) is 2. The highest BCUT2D eigenvalue weighted by atomic mass is 32.2. The van der Waals surface area contributed by atoms with Gasteiger partial charge in [-0.05, 0) is 55.0 Å². The first-order valence-electron chi connectivity index (χ1n) is 9.06. The van der Waals surface area contributed by atoms with Crippen LogP contribution in [0.5, 0.6) is 5.75 Å². The molecule has 1 amide bonds. The van der Waals surface area contributed by atoms with E-state index in [2.05, 4.69) is 14.8 Å². The minimum absolute atomic E-state index is 0.135. The third kappa shape index (κ3) is 6.88. The van der Waals surface area contributed by atoms with E-state index < -0.39 is 21.9 Å². The Morgan fingerprint density at radius 1 is 1.00 bits per heavy atom. The van der Waals surface area contributed by atoms with Crippen LogP contribution >= 0.6 is 0 Å². The Balaban J connectivity index is 1.86. The quantitative estimate of drug-likeness (QED) is 0.451. The molecule has 0 bridgehead atoms. The smallest absolute Gasteiger partial charge is 0.337 e. The van der Waals surface area contributed by atoms with Gasteiger partial charge in [0.05, 0.1) is 17.6 Å². The van der Waals surface area contributed by atoms with E-state index in [4.69, 9.17) is 4.74 Å². The first kappa shape index (κ1) is 22.4. The van der Waals surface area contributed by atoms with E-state index >= 15 is 0 Å². The lowest BCUT2D eigenvalue weighted by Crippen LogP contribution is -2.24. The molecule has 8 nitrogen and oxygen atoms in total. The van der Waals surface area contributed by atoms with Gasteiger partial charge in [-0.3, -0.25) is 4.79 Å². The van der Waals surface area contributed by atoms with Crippen LogP contribution in [0.2, 0.25) is 0 Å². The van der Waals surface area contributed by atoms with Crippen molar-refractivity contribution >= 4 is 27.6 Å². The topological polar surface area (TPSA) is 111 Å². The maximum absolute atomic E-state index is 12.1. The molecule has 0 saturated heterocycles. The molecular weight excluding hydrogens is 396 g/mol. The molecule has 156 valence electrons. The summed E-state index contributed by atoms with van der Waals surface area (Å²) in [6.45, 7) is 2.12. The predicted octanol–water partition coefficient (Wildman–Crippen LogP) is 2.57. The second-order valence-electron chi connectivity index (χ2n) is 6.13. The predicted molar refractivity (Wildman–Crippen MR) is 108 cm³/mol. The Morgan fingerprint density at radius 3 is 2.24 bits per heavy atom. The number of rotatable bonds is 10. The van der Waals surface area contributed by atoms with Crippen molar-refractivity contribution in [2.45, 2.75) is 24.7 Å². The lowest BCUT2D eigenvalue weighted by atomic mass is 10.2. The molecule has 2 rings (SSSR count). The third-order valence-electron chi connectivity index (χ3n) is 3.92. The van der Waals surface area contributed by atoms with Gasteiger partial charge >= 0.3 is 5.97 Å². The highest BCUT2D eigenvalue weighted by Crippen LogP contribution is 2.16. The fourth-order valence-electron chi connectivity index (χ4n) is 2.34. The van der Waals surface area contributed by atoms with Crippen LogP contribution in [0.3, 0.4) is 0 Å². The van der Waals surface area contributed by atoms with Crippen molar-refractivity contribution in [2.24, 2.45) is 0 Å². The molecule has 2 aromatic carbocycles. The van der Waals surface area contributed by atoms with E-state index in [-0.39, 0.29) is 11.5 Å². The van der Waals surface area contributed by atoms with Crippen molar-refractivity contribution in [3.05, 3.63) is 54.1 Å². The van der Waals surface area contributed by atoms with Crippen LogP contribution in [-0.2, 0) is 19.6 Å². The number of carbonyl (C=O) groups excluding carboxylic acids is 2. The average molecular weight is 420 g/mol. The zero-order valence-corrected chi connectivity index (χ0v) is 17.1. The lowest BCUT2D eigenvalue weighted by molar-refractivity contribution is -0.118. The molecule has 0 aromatic heterocycles. The lowest BCUT2D eigenvalue weighted by Gasteiger charge is -2.09. The number of unbranched alkanes of at least 4 members (excludes halogenated alkanes) is 1. The third-order valence-corrected chi connectivity index (χ3v) is 5.39. The summed E-state index contributed by atoms with van der Waals surface area (Å²) in [6, 6.07) is 12.1. The number of methoxy groups -OCH3 is 1. The van der Waals surface area contributed by atoms with Gasteiger partial charge in [-0.15, -0.1) is 0 Å². The summed E-state index contributed by atoms with van der Waals surface area (Å²) in [4.78, 5) is 23.5. The Kier molecular flexibility index (Phi) is 8.17. The Morgan fingerprint density at radius 2 is 1.66 bits per heavy atom. The molecule has 2 N–H and O–H groups in total. The second kappa shape index (κ2) is 10.6. The summed E-state index contributed by atoms with van der Waals surface area (Å²) < 4.78 is 36.8. The maximum atomic E-state index is 12.1. The number of sulfonamides is 1. The van der Waals surface area contributed by atoms with Gasteiger partial charge in [0.15, 0.2) is 6.61 Å². The van der Waals surface area contributed by atoms with Gasteiger partial charge in [0.1, 0.15) is 5.75 Å². The van der Waals surface area contributed by atoms with Crippen LogP contribution in [0.4, 0.5) is 5.69 Å². The molecule has 0 fully saturated rings. The highest BCUT2D eigenvalue weighted by Gasteiger charge is 2.13. The van der Waals surface area contributed by atoms with Crippen molar-refractivity contribution in [1.82, 2.24) is 4.72 Å². The van der Waals surface area contributed by atoms with Crippen LogP contribution in [0, 0.1) is 0 Å². The second-order valence-corrected chi connectivity index (χ2v) is 7.90. The van der Waals surface area contributed by atoms with E-state index in [0.29, 0.717) is 23.5 Å². The molecule has 0 atom stereocenters. The Hall–Kier alpha value is -2.91. The van der Waals surface area contributed by atoms with Gasteiger partial charge in [-0.1, -0.05) is 13.3 Å². The zero-order chi connectivity index (χ0) is 21.3. The number of hydrogen-bond acceptors (Lipinski definition) is 6. The van der Waals surface area contributed by atoms with Gasteiger partial charge in [0.25, 0.3) is 5.91 Å². The highest BCUT2D eigenvalue weighted by molar-refractivity contribution is 7.89. The standard InChI is InChI=1S/C20H24N2O6S/c1-3-4-13-21-29(25,26)18-11-9-17(10-12-18)28-14-19(23)22-16-7-5-15(6-8-16)20(24)27-2/h5-12,21H,3-4,13-14H2,1-2H3,(H,22,23). The minimum atomic E-state index is -3.55. The zero-order valence-electron chi connectivity index (χ0n) is 16.3. The molecule has 0 aliphatic heterocycles. The van der Waals surface area contributed by atoms with E-state index in [1.165, 1.54) is 43.5 Å². The maximum Gasteiger partial charge on any atom is 0.337 e. The van der Waals surface area contributed by atoms with Gasteiger partial charge < -0.3 is 14.8 Å². The molecule has 0 aliphatic rings. The fourth-order valence-corrected chi connectivity index (χ4v) is 3.41. The molecule has 9 heteroatoms. The van der Waals surface area contributed by atoms with E-state index in [1.807, 2.05) is 6.92 Å². The average Bonchev–Trinajstić information content (AvgIpc) is 2.72. The summed E-state index contributed by atoms with van der Waals surface area (Å²) in [6.07, 6.45) is 1.66. The summed E-state index contributed by atoms with van der Waals surface area (Å²) in [7, 11) is -2.26. The molecule has 0 spiro atoms. The number of ether oxygens (including phenoxy) is 2. The molecular formula is C20H24N2O6S. The number of esters is 1. The number of carbonyl (C=O) groups is 2. The van der Waals surface area contributed by atoms with E-state index in [0.717, 1.165) is 12.8 Å². The van der Waals surface area contributed by atoms with Gasteiger partial charge in [-0.2, -0.15) is 0 Å². The molecule has 0 heterocycles. The van der Waals surface area contributed by atoms with Gasteiger partial charge in [-0.25, -0.2) is 17.9 Å². The number of amides is 1. The molecule has 0 aliphatic carbocycles. The molecule has 0 unspecified atom stereocenters. The normalized spacial score (nSPS) is 11.0. The molecule has 0 radical (unpaired) electrons. The van der Waals surface area contributed by atoms with Gasteiger partial charge in [0, 0.05) is 12.2 Å². The van der Waals surface area contributed by atoms with Crippen molar-refractivity contribution in [3.8, 4) is 5.75 Å². The summed E-state index contributed by atoms with van der Waals surface area (Å²) >= 11 is 0. The molecule has 29 heavy (non-hydrogen) atoms. The van der Waals surface area contributed by atoms with Gasteiger partial charge in [0.2, 0.25) is 10.0 Å². The number of hydrogen-bond donors (Lipinski definition) is 2. The first-order valence-corrected chi connectivity index (χ1v) is 10.5. The summed E-state index contributed by atoms with van der Waals surface area (Å²) in [5, 5.41) is 2.64. The van der Waals surface area contributed by atoms with E-state index in [9.17, 15) is 18.0 Å². The SMILES string of the molecule is CCCCNS(=O)(=O)c1ccc(OCC(=O)Nc2ccc(C(=O)OC)cc2)cc1. The monoisotopic (exact) mass is 420 g/mol. The fraction of sp³-hybridized carbons (Fsp3) is 0.300. The van der Waals surface area contributed by atoms with Crippen LogP contribution in [-0.4, -0.2) is 40.6 Å². The van der Waals surface area contributed by atoms with Crippen LogP contribution in [0.1, 0.15) is 30.1 Å². The van der Waals surface area contributed by atoms with E-state index in [1.54, 1.807) is 12.1 Å².